The van der Waals surface area contributed by atoms with Crippen LogP contribution < -0.4 is 5.56 Å². The molecule has 150 valence electrons. The fourth-order valence-electron chi connectivity index (χ4n) is 4.75. The zero-order valence-electron chi connectivity index (χ0n) is 16.4. The lowest BCUT2D eigenvalue weighted by atomic mass is 9.88. The van der Waals surface area contributed by atoms with E-state index in [0.717, 1.165) is 25.7 Å². The van der Waals surface area contributed by atoms with Crippen LogP contribution in [0, 0.1) is 0 Å². The van der Waals surface area contributed by atoms with Gasteiger partial charge in [0.2, 0.25) is 5.91 Å². The van der Waals surface area contributed by atoms with Crippen molar-refractivity contribution < 1.29 is 9.21 Å². The fourth-order valence-corrected chi connectivity index (χ4v) is 4.75. The van der Waals surface area contributed by atoms with E-state index in [1.54, 1.807) is 24.5 Å². The molecule has 0 bridgehead atoms. The van der Waals surface area contributed by atoms with Gasteiger partial charge in [-0.15, -0.1) is 0 Å². The monoisotopic (exact) mass is 383 g/mol. The molecule has 6 heteroatoms. The van der Waals surface area contributed by atoms with Crippen molar-refractivity contribution in [3.05, 3.63) is 40.9 Å². The van der Waals surface area contributed by atoms with Crippen LogP contribution in [0.25, 0.3) is 11.5 Å². The molecule has 0 spiro atoms. The molecule has 2 saturated carbocycles. The van der Waals surface area contributed by atoms with Crippen molar-refractivity contribution in [2.45, 2.75) is 82.8 Å². The Morgan fingerprint density at radius 3 is 2.21 bits per heavy atom. The third-order valence-electron chi connectivity index (χ3n) is 6.15. The SMILES string of the molecule is O=C(Cn1nc(-c2ccco2)ccc1=O)N(C1CCCCC1)C1CCCCC1. The summed E-state index contributed by atoms with van der Waals surface area (Å²) in [6, 6.07) is 7.31. The van der Waals surface area contributed by atoms with Crippen molar-refractivity contribution in [3.8, 4) is 11.5 Å². The maximum Gasteiger partial charge on any atom is 0.267 e. The third kappa shape index (κ3) is 4.21. The van der Waals surface area contributed by atoms with Gasteiger partial charge in [0.15, 0.2) is 5.76 Å². The van der Waals surface area contributed by atoms with Crippen LogP contribution in [-0.4, -0.2) is 32.7 Å². The van der Waals surface area contributed by atoms with Gasteiger partial charge in [-0.05, 0) is 43.9 Å². The average Bonchev–Trinajstić information content (AvgIpc) is 3.26. The molecular weight excluding hydrogens is 354 g/mol. The second kappa shape index (κ2) is 8.76. The van der Waals surface area contributed by atoms with Gasteiger partial charge in [-0.3, -0.25) is 9.59 Å². The van der Waals surface area contributed by atoms with E-state index in [9.17, 15) is 9.59 Å². The maximum atomic E-state index is 13.4. The predicted octanol–water partition coefficient (Wildman–Crippen LogP) is 4.00. The summed E-state index contributed by atoms with van der Waals surface area (Å²) in [6.07, 6.45) is 13.2. The van der Waals surface area contributed by atoms with E-state index in [4.69, 9.17) is 4.42 Å². The minimum absolute atomic E-state index is 0.000379. The highest BCUT2D eigenvalue weighted by Gasteiger charge is 2.32. The molecule has 4 rings (SSSR count). The van der Waals surface area contributed by atoms with Gasteiger partial charge < -0.3 is 9.32 Å². The van der Waals surface area contributed by atoms with E-state index in [2.05, 4.69) is 10.00 Å². The number of amides is 1. The summed E-state index contributed by atoms with van der Waals surface area (Å²) in [5.41, 5.74) is 0.315. The quantitative estimate of drug-likeness (QED) is 0.783. The zero-order valence-corrected chi connectivity index (χ0v) is 16.4. The molecule has 6 nitrogen and oxygen atoms in total. The van der Waals surface area contributed by atoms with Gasteiger partial charge in [-0.1, -0.05) is 38.5 Å². The fraction of sp³-hybridized carbons (Fsp3) is 0.591. The molecule has 28 heavy (non-hydrogen) atoms. The van der Waals surface area contributed by atoms with Crippen LogP contribution in [0.3, 0.4) is 0 Å². The van der Waals surface area contributed by atoms with E-state index in [0.29, 0.717) is 23.5 Å². The predicted molar refractivity (Wildman–Crippen MR) is 107 cm³/mol. The number of rotatable bonds is 5. The van der Waals surface area contributed by atoms with Crippen LogP contribution in [0.15, 0.2) is 39.7 Å². The number of hydrogen-bond acceptors (Lipinski definition) is 4. The van der Waals surface area contributed by atoms with Crippen molar-refractivity contribution in [2.75, 3.05) is 0 Å². The highest BCUT2D eigenvalue weighted by Crippen LogP contribution is 2.30. The minimum atomic E-state index is -0.254. The number of nitrogens with zero attached hydrogens (tertiary/aromatic N) is 3. The summed E-state index contributed by atoms with van der Waals surface area (Å²) in [5.74, 6) is 0.627. The largest absolute Gasteiger partial charge is 0.463 e. The topological polar surface area (TPSA) is 68.3 Å². The summed E-state index contributed by atoms with van der Waals surface area (Å²) >= 11 is 0. The van der Waals surface area contributed by atoms with Gasteiger partial charge in [-0.2, -0.15) is 5.10 Å². The zero-order chi connectivity index (χ0) is 19.3. The van der Waals surface area contributed by atoms with Crippen molar-refractivity contribution in [1.29, 1.82) is 0 Å². The van der Waals surface area contributed by atoms with Crippen molar-refractivity contribution in [1.82, 2.24) is 14.7 Å². The van der Waals surface area contributed by atoms with Crippen molar-refractivity contribution >= 4 is 5.91 Å². The minimum Gasteiger partial charge on any atom is -0.463 e. The van der Waals surface area contributed by atoms with Gasteiger partial charge in [0.1, 0.15) is 12.2 Å². The standard InChI is InChI=1S/C22H29N3O3/c26-21-14-13-19(20-12-7-15-28-20)23-24(21)16-22(27)25(17-8-3-1-4-9-17)18-10-5-2-6-11-18/h7,12-15,17-18H,1-6,8-11,16H2. The number of aromatic nitrogens is 2. The summed E-state index contributed by atoms with van der Waals surface area (Å²) in [6.45, 7) is 0.000379. The number of furan rings is 1. The highest BCUT2D eigenvalue weighted by molar-refractivity contribution is 5.76. The van der Waals surface area contributed by atoms with E-state index < -0.39 is 0 Å². The van der Waals surface area contributed by atoms with Crippen molar-refractivity contribution in [3.63, 3.8) is 0 Å². The average molecular weight is 383 g/mol. The first-order valence-electron chi connectivity index (χ1n) is 10.7. The first-order valence-corrected chi connectivity index (χ1v) is 10.7. The molecule has 0 saturated heterocycles. The Bertz CT molecular complexity index is 813. The lowest BCUT2D eigenvalue weighted by Crippen LogP contribution is -2.50. The number of carbonyl (C=O) groups excluding carboxylic acids is 1. The van der Waals surface area contributed by atoms with Crippen LogP contribution in [0.4, 0.5) is 0 Å². The number of hydrogen-bond donors (Lipinski definition) is 0. The molecule has 2 aliphatic carbocycles. The van der Waals surface area contributed by atoms with Crippen LogP contribution in [0.5, 0.6) is 0 Å². The molecule has 2 heterocycles. The first-order chi connectivity index (χ1) is 13.7. The second-order valence-electron chi connectivity index (χ2n) is 8.08. The molecule has 0 atom stereocenters. The van der Waals surface area contributed by atoms with Crippen LogP contribution in [-0.2, 0) is 11.3 Å². The van der Waals surface area contributed by atoms with Gasteiger partial charge in [0.05, 0.1) is 6.26 Å². The molecule has 1 amide bonds. The Balaban J connectivity index is 1.56. The summed E-state index contributed by atoms with van der Waals surface area (Å²) in [5, 5.41) is 4.39. The molecule has 2 aromatic heterocycles. The van der Waals surface area contributed by atoms with Gasteiger partial charge in [0, 0.05) is 18.2 Å². The van der Waals surface area contributed by atoms with Gasteiger partial charge in [0.25, 0.3) is 5.56 Å². The molecule has 0 aliphatic heterocycles. The molecule has 2 aliphatic rings. The Hall–Kier alpha value is -2.37. The van der Waals surface area contributed by atoms with E-state index >= 15 is 0 Å². The number of carbonyl (C=O) groups is 1. The molecular formula is C22H29N3O3. The van der Waals surface area contributed by atoms with E-state index in [1.165, 1.54) is 49.3 Å². The first kappa shape index (κ1) is 19.0. The molecule has 0 unspecified atom stereocenters. The van der Waals surface area contributed by atoms with Gasteiger partial charge in [-0.25, -0.2) is 4.68 Å². The summed E-state index contributed by atoms with van der Waals surface area (Å²) in [4.78, 5) is 27.8. The highest BCUT2D eigenvalue weighted by atomic mass is 16.3. The lowest BCUT2D eigenvalue weighted by molar-refractivity contribution is -0.139. The maximum absolute atomic E-state index is 13.4. The van der Waals surface area contributed by atoms with Crippen LogP contribution >= 0.6 is 0 Å². The Labute approximate surface area is 165 Å². The van der Waals surface area contributed by atoms with E-state index in [-0.39, 0.29) is 18.0 Å². The van der Waals surface area contributed by atoms with Gasteiger partial charge >= 0.3 is 0 Å². The Kier molecular flexibility index (Phi) is 5.93. The molecule has 0 N–H and O–H groups in total. The molecule has 2 aromatic rings. The third-order valence-corrected chi connectivity index (χ3v) is 6.15. The smallest absolute Gasteiger partial charge is 0.267 e. The van der Waals surface area contributed by atoms with Crippen LogP contribution in [0.2, 0.25) is 0 Å². The summed E-state index contributed by atoms with van der Waals surface area (Å²) in [7, 11) is 0. The normalized spacial score (nSPS) is 18.9. The molecule has 0 aromatic carbocycles. The van der Waals surface area contributed by atoms with Crippen LogP contribution in [0.1, 0.15) is 64.2 Å². The second-order valence-corrected chi connectivity index (χ2v) is 8.08. The Morgan fingerprint density at radius 1 is 1.00 bits per heavy atom. The molecule has 2 fully saturated rings. The molecule has 0 radical (unpaired) electrons. The van der Waals surface area contributed by atoms with E-state index in [1.807, 2.05) is 0 Å². The Morgan fingerprint density at radius 2 is 1.64 bits per heavy atom. The summed E-state index contributed by atoms with van der Waals surface area (Å²) < 4.78 is 6.67. The van der Waals surface area contributed by atoms with Crippen molar-refractivity contribution in [2.24, 2.45) is 0 Å². The lowest BCUT2D eigenvalue weighted by Gasteiger charge is -2.41.